The van der Waals surface area contributed by atoms with Crippen LogP contribution in [0.1, 0.15) is 19.4 Å². The lowest BCUT2D eigenvalue weighted by atomic mass is 10.2. The van der Waals surface area contributed by atoms with Crippen molar-refractivity contribution in [3.8, 4) is 5.75 Å². The van der Waals surface area contributed by atoms with E-state index in [2.05, 4.69) is 56.2 Å². The molecule has 1 rings (SSSR count). The van der Waals surface area contributed by atoms with Gasteiger partial charge in [-0.2, -0.15) is 0 Å². The molecular formula is C13H19Br2NO2. The highest BCUT2D eigenvalue weighted by molar-refractivity contribution is 9.11. The summed E-state index contributed by atoms with van der Waals surface area (Å²) in [4.78, 5) is 0. The minimum atomic E-state index is 0.0743. The second-order valence-electron chi connectivity index (χ2n) is 4.03. The summed E-state index contributed by atoms with van der Waals surface area (Å²) in [6.07, 6.45) is 0.0743. The zero-order chi connectivity index (χ0) is 13.5. The third kappa shape index (κ3) is 4.88. The fourth-order valence-corrected chi connectivity index (χ4v) is 2.90. The molecule has 0 saturated heterocycles. The predicted molar refractivity (Wildman–Crippen MR) is 81.2 cm³/mol. The highest BCUT2D eigenvalue weighted by atomic mass is 79.9. The van der Waals surface area contributed by atoms with E-state index in [9.17, 15) is 0 Å². The summed E-state index contributed by atoms with van der Waals surface area (Å²) >= 11 is 7.08. The van der Waals surface area contributed by atoms with Crippen LogP contribution in [0.25, 0.3) is 0 Å². The number of rotatable bonds is 7. The van der Waals surface area contributed by atoms with Gasteiger partial charge in [0.2, 0.25) is 0 Å². The van der Waals surface area contributed by atoms with Crippen LogP contribution in [-0.2, 0) is 11.3 Å². The van der Waals surface area contributed by atoms with Gasteiger partial charge in [0.1, 0.15) is 12.4 Å². The van der Waals surface area contributed by atoms with Crippen LogP contribution in [0.4, 0.5) is 0 Å². The molecule has 1 unspecified atom stereocenters. The largest absolute Gasteiger partial charge is 0.489 e. The molecule has 1 aromatic carbocycles. The molecular weight excluding hydrogens is 362 g/mol. The van der Waals surface area contributed by atoms with Crippen LogP contribution in [0.5, 0.6) is 5.75 Å². The van der Waals surface area contributed by atoms with Gasteiger partial charge >= 0.3 is 0 Å². The molecule has 0 aliphatic carbocycles. The van der Waals surface area contributed by atoms with Gasteiger partial charge in [-0.05, 0) is 63.0 Å². The first kappa shape index (κ1) is 16.0. The number of nitrogens with one attached hydrogen (secondary N) is 1. The summed E-state index contributed by atoms with van der Waals surface area (Å²) in [5, 5.41) is 3.30. The molecule has 18 heavy (non-hydrogen) atoms. The molecule has 0 aliphatic heterocycles. The standard InChI is InChI=1S/C13H19Br2NO2/c1-4-16-7-10-5-11(14)13(12(15)6-10)18-8-9(2)17-3/h5-6,9,16H,4,7-8H2,1-3H3. The average Bonchev–Trinajstić information content (AvgIpc) is 2.34. The second-order valence-corrected chi connectivity index (χ2v) is 5.73. The molecule has 0 fully saturated rings. The Balaban J connectivity index is 2.74. The number of halogens is 2. The zero-order valence-corrected chi connectivity index (χ0v) is 14.1. The Morgan fingerprint density at radius 2 is 1.89 bits per heavy atom. The van der Waals surface area contributed by atoms with E-state index in [1.807, 2.05) is 6.92 Å². The summed E-state index contributed by atoms with van der Waals surface area (Å²) in [7, 11) is 1.68. The number of hydrogen-bond donors (Lipinski definition) is 1. The normalized spacial score (nSPS) is 12.5. The Kier molecular flexibility index (Phi) is 7.22. The van der Waals surface area contributed by atoms with Crippen LogP contribution >= 0.6 is 31.9 Å². The van der Waals surface area contributed by atoms with Gasteiger partial charge in [-0.15, -0.1) is 0 Å². The van der Waals surface area contributed by atoms with Crippen molar-refractivity contribution in [2.24, 2.45) is 0 Å². The summed E-state index contributed by atoms with van der Waals surface area (Å²) in [5.74, 6) is 0.819. The molecule has 3 nitrogen and oxygen atoms in total. The maximum Gasteiger partial charge on any atom is 0.147 e. The summed E-state index contributed by atoms with van der Waals surface area (Å²) in [6.45, 7) is 6.40. The number of ether oxygens (including phenoxy) is 2. The maximum atomic E-state index is 5.74. The monoisotopic (exact) mass is 379 g/mol. The zero-order valence-electron chi connectivity index (χ0n) is 10.9. The summed E-state index contributed by atoms with van der Waals surface area (Å²) in [5.41, 5.74) is 1.21. The fraction of sp³-hybridized carbons (Fsp3) is 0.538. The van der Waals surface area contributed by atoms with Crippen LogP contribution in [0.3, 0.4) is 0 Å². The van der Waals surface area contributed by atoms with E-state index in [0.29, 0.717) is 6.61 Å². The van der Waals surface area contributed by atoms with E-state index in [0.717, 1.165) is 27.8 Å². The Morgan fingerprint density at radius 1 is 1.28 bits per heavy atom. The van der Waals surface area contributed by atoms with Gasteiger partial charge < -0.3 is 14.8 Å². The smallest absolute Gasteiger partial charge is 0.147 e. The van der Waals surface area contributed by atoms with E-state index < -0.39 is 0 Å². The highest BCUT2D eigenvalue weighted by Crippen LogP contribution is 2.34. The Labute approximate surface area is 125 Å². The Morgan fingerprint density at radius 3 is 2.39 bits per heavy atom. The molecule has 5 heteroatoms. The lowest BCUT2D eigenvalue weighted by Crippen LogP contribution is -2.16. The molecule has 0 bridgehead atoms. The lowest BCUT2D eigenvalue weighted by Gasteiger charge is -2.15. The minimum absolute atomic E-state index is 0.0743. The van der Waals surface area contributed by atoms with Gasteiger partial charge in [-0.1, -0.05) is 6.92 Å². The molecule has 0 spiro atoms. The Hall–Kier alpha value is -0.100. The molecule has 0 radical (unpaired) electrons. The molecule has 1 N–H and O–H groups in total. The Bertz CT molecular complexity index is 362. The highest BCUT2D eigenvalue weighted by Gasteiger charge is 2.10. The van der Waals surface area contributed by atoms with Gasteiger partial charge in [-0.25, -0.2) is 0 Å². The van der Waals surface area contributed by atoms with Crippen LogP contribution < -0.4 is 10.1 Å². The van der Waals surface area contributed by atoms with Crippen molar-refractivity contribution in [3.05, 3.63) is 26.6 Å². The average molecular weight is 381 g/mol. The van der Waals surface area contributed by atoms with Crippen molar-refractivity contribution >= 4 is 31.9 Å². The van der Waals surface area contributed by atoms with Gasteiger partial charge in [-0.3, -0.25) is 0 Å². The third-order valence-corrected chi connectivity index (χ3v) is 3.68. The number of methoxy groups -OCH3 is 1. The minimum Gasteiger partial charge on any atom is -0.489 e. The van der Waals surface area contributed by atoms with E-state index in [1.165, 1.54) is 5.56 Å². The van der Waals surface area contributed by atoms with E-state index >= 15 is 0 Å². The fourth-order valence-electron chi connectivity index (χ4n) is 1.39. The first-order valence-corrected chi connectivity index (χ1v) is 7.51. The first-order chi connectivity index (χ1) is 8.58. The van der Waals surface area contributed by atoms with Crippen molar-refractivity contribution in [1.82, 2.24) is 5.32 Å². The molecule has 0 aliphatic rings. The second kappa shape index (κ2) is 8.15. The van der Waals surface area contributed by atoms with Gasteiger partial charge in [0, 0.05) is 13.7 Å². The quantitative estimate of drug-likeness (QED) is 0.781. The van der Waals surface area contributed by atoms with Crippen molar-refractivity contribution in [3.63, 3.8) is 0 Å². The van der Waals surface area contributed by atoms with E-state index in [1.54, 1.807) is 7.11 Å². The van der Waals surface area contributed by atoms with Gasteiger partial charge in [0.15, 0.2) is 0 Å². The predicted octanol–water partition coefficient (Wildman–Crippen LogP) is 3.73. The van der Waals surface area contributed by atoms with E-state index in [-0.39, 0.29) is 6.10 Å². The molecule has 0 saturated carbocycles. The molecule has 1 atom stereocenters. The lowest BCUT2D eigenvalue weighted by molar-refractivity contribution is 0.0711. The first-order valence-electron chi connectivity index (χ1n) is 5.92. The molecule has 0 amide bonds. The molecule has 102 valence electrons. The van der Waals surface area contributed by atoms with Gasteiger partial charge in [0.25, 0.3) is 0 Å². The van der Waals surface area contributed by atoms with E-state index in [4.69, 9.17) is 9.47 Å². The van der Waals surface area contributed by atoms with Crippen molar-refractivity contribution in [1.29, 1.82) is 0 Å². The van der Waals surface area contributed by atoms with Crippen molar-refractivity contribution in [2.75, 3.05) is 20.3 Å². The van der Waals surface area contributed by atoms with Crippen LogP contribution in [0.15, 0.2) is 21.1 Å². The SMILES string of the molecule is CCNCc1cc(Br)c(OCC(C)OC)c(Br)c1. The molecule has 0 heterocycles. The maximum absolute atomic E-state index is 5.74. The third-order valence-electron chi connectivity index (χ3n) is 2.50. The summed E-state index contributed by atoms with van der Waals surface area (Å²) < 4.78 is 12.8. The number of benzene rings is 1. The van der Waals surface area contributed by atoms with Crippen LogP contribution in [0, 0.1) is 0 Å². The number of hydrogen-bond acceptors (Lipinski definition) is 3. The summed E-state index contributed by atoms with van der Waals surface area (Å²) in [6, 6.07) is 4.14. The molecule has 1 aromatic rings. The van der Waals surface area contributed by atoms with Crippen molar-refractivity contribution in [2.45, 2.75) is 26.5 Å². The topological polar surface area (TPSA) is 30.5 Å². The van der Waals surface area contributed by atoms with Crippen LogP contribution in [0.2, 0.25) is 0 Å². The molecule has 0 aromatic heterocycles. The van der Waals surface area contributed by atoms with Crippen molar-refractivity contribution < 1.29 is 9.47 Å². The van der Waals surface area contributed by atoms with Gasteiger partial charge in [0.05, 0.1) is 15.0 Å². The van der Waals surface area contributed by atoms with Crippen LogP contribution in [-0.4, -0.2) is 26.4 Å².